The van der Waals surface area contributed by atoms with Gasteiger partial charge in [-0.15, -0.1) is 0 Å². The molecule has 3 heteroatoms. The van der Waals surface area contributed by atoms with Crippen molar-refractivity contribution in [3.63, 3.8) is 0 Å². The Kier molecular flexibility index (Phi) is 2.11. The van der Waals surface area contributed by atoms with Crippen molar-refractivity contribution in [1.29, 1.82) is 0 Å². The van der Waals surface area contributed by atoms with Gasteiger partial charge in [-0.25, -0.2) is 0 Å². The van der Waals surface area contributed by atoms with Crippen molar-refractivity contribution in [2.45, 2.75) is 44.9 Å². The SMILES string of the molecule is CCc1noc(C2CCCC2)n1. The standard InChI is InChI=1S/C9H14N2O/c1-2-8-10-9(12-11-8)7-5-3-4-6-7/h7H,2-6H2,1H3. The fourth-order valence-electron chi connectivity index (χ4n) is 1.75. The van der Waals surface area contributed by atoms with Gasteiger partial charge < -0.3 is 4.52 Å². The average Bonchev–Trinajstić information content (AvgIpc) is 2.75. The van der Waals surface area contributed by atoms with Crippen LogP contribution < -0.4 is 0 Å². The quantitative estimate of drug-likeness (QED) is 0.676. The van der Waals surface area contributed by atoms with Crippen molar-refractivity contribution in [3.8, 4) is 0 Å². The molecule has 1 saturated carbocycles. The summed E-state index contributed by atoms with van der Waals surface area (Å²) < 4.78 is 5.18. The van der Waals surface area contributed by atoms with Crippen LogP contribution in [0.5, 0.6) is 0 Å². The molecule has 0 N–H and O–H groups in total. The van der Waals surface area contributed by atoms with Crippen LogP contribution in [-0.4, -0.2) is 10.1 Å². The summed E-state index contributed by atoms with van der Waals surface area (Å²) in [6, 6.07) is 0. The second-order valence-corrected chi connectivity index (χ2v) is 3.38. The third kappa shape index (κ3) is 1.36. The maximum atomic E-state index is 5.18. The Balaban J connectivity index is 2.11. The molecule has 0 atom stereocenters. The van der Waals surface area contributed by atoms with Gasteiger partial charge in [-0.1, -0.05) is 24.9 Å². The number of aryl methyl sites for hydroxylation is 1. The number of rotatable bonds is 2. The Bertz CT molecular complexity index is 251. The summed E-state index contributed by atoms with van der Waals surface area (Å²) >= 11 is 0. The molecule has 1 aromatic rings. The van der Waals surface area contributed by atoms with Gasteiger partial charge in [0.1, 0.15) is 0 Å². The third-order valence-electron chi connectivity index (χ3n) is 2.50. The van der Waals surface area contributed by atoms with Gasteiger partial charge >= 0.3 is 0 Å². The Morgan fingerprint density at radius 2 is 2.17 bits per heavy atom. The molecule has 66 valence electrons. The number of hydrogen-bond acceptors (Lipinski definition) is 3. The lowest BCUT2D eigenvalue weighted by atomic mass is 10.1. The monoisotopic (exact) mass is 166 g/mol. The molecule has 1 fully saturated rings. The fraction of sp³-hybridized carbons (Fsp3) is 0.778. The first-order valence-corrected chi connectivity index (χ1v) is 4.72. The molecule has 2 rings (SSSR count). The van der Waals surface area contributed by atoms with Crippen molar-refractivity contribution in [2.75, 3.05) is 0 Å². The molecule has 1 aliphatic carbocycles. The van der Waals surface area contributed by atoms with Crippen molar-refractivity contribution >= 4 is 0 Å². The van der Waals surface area contributed by atoms with E-state index in [1.165, 1.54) is 25.7 Å². The molecule has 0 unspecified atom stereocenters. The van der Waals surface area contributed by atoms with E-state index < -0.39 is 0 Å². The van der Waals surface area contributed by atoms with Gasteiger partial charge in [0.05, 0.1) is 0 Å². The minimum Gasteiger partial charge on any atom is -0.339 e. The maximum Gasteiger partial charge on any atom is 0.229 e. The zero-order valence-electron chi connectivity index (χ0n) is 7.42. The van der Waals surface area contributed by atoms with Crippen LogP contribution in [0, 0.1) is 0 Å². The van der Waals surface area contributed by atoms with Crippen LogP contribution in [0.3, 0.4) is 0 Å². The first-order valence-electron chi connectivity index (χ1n) is 4.72. The first kappa shape index (κ1) is 7.77. The molecular weight excluding hydrogens is 152 g/mol. The molecule has 1 aliphatic rings. The molecule has 1 aromatic heterocycles. The summed E-state index contributed by atoms with van der Waals surface area (Å²) in [4.78, 5) is 4.33. The summed E-state index contributed by atoms with van der Waals surface area (Å²) in [5.74, 6) is 2.26. The van der Waals surface area contributed by atoms with Crippen molar-refractivity contribution < 1.29 is 4.52 Å². The van der Waals surface area contributed by atoms with Crippen LogP contribution >= 0.6 is 0 Å². The van der Waals surface area contributed by atoms with Gasteiger partial charge in [-0.2, -0.15) is 4.98 Å². The van der Waals surface area contributed by atoms with E-state index in [1.54, 1.807) is 0 Å². The lowest BCUT2D eigenvalue weighted by Crippen LogP contribution is -1.92. The maximum absolute atomic E-state index is 5.18. The Morgan fingerprint density at radius 3 is 2.75 bits per heavy atom. The largest absolute Gasteiger partial charge is 0.339 e. The molecule has 0 aliphatic heterocycles. The molecule has 0 spiro atoms. The third-order valence-corrected chi connectivity index (χ3v) is 2.50. The van der Waals surface area contributed by atoms with Crippen molar-refractivity contribution in [3.05, 3.63) is 11.7 Å². The van der Waals surface area contributed by atoms with E-state index >= 15 is 0 Å². The molecule has 0 saturated heterocycles. The zero-order chi connectivity index (χ0) is 8.39. The summed E-state index contributed by atoms with van der Waals surface area (Å²) in [6.45, 7) is 2.04. The highest BCUT2D eigenvalue weighted by Gasteiger charge is 2.22. The highest BCUT2D eigenvalue weighted by atomic mass is 16.5. The average molecular weight is 166 g/mol. The van der Waals surface area contributed by atoms with Gasteiger partial charge in [0.25, 0.3) is 0 Å². The second kappa shape index (κ2) is 3.25. The van der Waals surface area contributed by atoms with Crippen molar-refractivity contribution in [2.24, 2.45) is 0 Å². The molecule has 0 radical (unpaired) electrons. The van der Waals surface area contributed by atoms with E-state index in [9.17, 15) is 0 Å². The minimum atomic E-state index is 0.554. The van der Waals surface area contributed by atoms with E-state index in [0.717, 1.165) is 18.1 Å². The van der Waals surface area contributed by atoms with Crippen LogP contribution in [0.4, 0.5) is 0 Å². The highest BCUT2D eigenvalue weighted by Crippen LogP contribution is 2.32. The summed E-state index contributed by atoms with van der Waals surface area (Å²) in [6.07, 6.45) is 5.95. The van der Waals surface area contributed by atoms with E-state index in [1.807, 2.05) is 6.92 Å². The number of hydrogen-bond donors (Lipinski definition) is 0. The fourth-order valence-corrected chi connectivity index (χ4v) is 1.75. The van der Waals surface area contributed by atoms with Crippen LogP contribution in [0.25, 0.3) is 0 Å². The normalized spacial score (nSPS) is 18.8. The van der Waals surface area contributed by atoms with Crippen LogP contribution in [0.1, 0.15) is 50.2 Å². The van der Waals surface area contributed by atoms with Gasteiger partial charge in [-0.05, 0) is 12.8 Å². The van der Waals surface area contributed by atoms with E-state index in [4.69, 9.17) is 4.52 Å². The first-order chi connectivity index (χ1) is 5.90. The summed E-state index contributed by atoms with van der Waals surface area (Å²) in [5, 5.41) is 3.89. The molecule has 3 nitrogen and oxygen atoms in total. The Morgan fingerprint density at radius 1 is 1.42 bits per heavy atom. The number of aromatic nitrogens is 2. The highest BCUT2D eigenvalue weighted by molar-refractivity contribution is 4.95. The molecular formula is C9H14N2O. The zero-order valence-corrected chi connectivity index (χ0v) is 7.42. The van der Waals surface area contributed by atoms with Gasteiger partial charge in [-0.3, -0.25) is 0 Å². The van der Waals surface area contributed by atoms with E-state index in [2.05, 4.69) is 10.1 Å². The molecule has 0 amide bonds. The van der Waals surface area contributed by atoms with Crippen LogP contribution in [0.15, 0.2) is 4.52 Å². The lowest BCUT2D eigenvalue weighted by Gasteiger charge is -1.98. The van der Waals surface area contributed by atoms with E-state index in [-0.39, 0.29) is 0 Å². The topological polar surface area (TPSA) is 38.9 Å². The minimum absolute atomic E-state index is 0.554. The van der Waals surface area contributed by atoms with Gasteiger partial charge in [0.15, 0.2) is 5.82 Å². The smallest absolute Gasteiger partial charge is 0.229 e. The summed E-state index contributed by atoms with van der Waals surface area (Å²) in [7, 11) is 0. The van der Waals surface area contributed by atoms with E-state index in [0.29, 0.717) is 5.92 Å². The molecule has 0 bridgehead atoms. The van der Waals surface area contributed by atoms with Gasteiger partial charge in [0.2, 0.25) is 5.89 Å². The predicted molar refractivity (Wildman–Crippen MR) is 44.9 cm³/mol. The molecule has 1 heterocycles. The molecule has 0 aromatic carbocycles. The second-order valence-electron chi connectivity index (χ2n) is 3.38. The van der Waals surface area contributed by atoms with Gasteiger partial charge in [0, 0.05) is 12.3 Å². The summed E-state index contributed by atoms with van der Waals surface area (Å²) in [5.41, 5.74) is 0. The predicted octanol–water partition coefficient (Wildman–Crippen LogP) is 2.29. The Labute approximate surface area is 72.2 Å². The number of nitrogens with zero attached hydrogens (tertiary/aromatic N) is 2. The molecule has 12 heavy (non-hydrogen) atoms. The lowest BCUT2D eigenvalue weighted by molar-refractivity contribution is 0.350. The van der Waals surface area contributed by atoms with Crippen LogP contribution in [-0.2, 0) is 6.42 Å². The van der Waals surface area contributed by atoms with Crippen molar-refractivity contribution in [1.82, 2.24) is 10.1 Å². The Hall–Kier alpha value is -0.860. The van der Waals surface area contributed by atoms with Crippen LogP contribution in [0.2, 0.25) is 0 Å².